The van der Waals surface area contributed by atoms with Crippen LogP contribution in [0, 0.1) is 0 Å². The second-order valence-corrected chi connectivity index (χ2v) is 7.59. The van der Waals surface area contributed by atoms with Crippen molar-refractivity contribution < 1.29 is 0 Å². The molecule has 5 rings (SSSR count). The van der Waals surface area contributed by atoms with E-state index in [0.717, 1.165) is 54.5 Å². The number of piperazine rings is 1. The summed E-state index contributed by atoms with van der Waals surface area (Å²) >= 11 is 0. The van der Waals surface area contributed by atoms with Crippen LogP contribution in [0.1, 0.15) is 17.4 Å². The van der Waals surface area contributed by atoms with Gasteiger partial charge in [-0.2, -0.15) is 0 Å². The summed E-state index contributed by atoms with van der Waals surface area (Å²) in [5, 5.41) is 0. The van der Waals surface area contributed by atoms with E-state index in [1.807, 2.05) is 36.8 Å². The van der Waals surface area contributed by atoms with E-state index in [0.29, 0.717) is 0 Å². The van der Waals surface area contributed by atoms with Crippen LogP contribution in [0.4, 0.5) is 0 Å². The molecule has 29 heavy (non-hydrogen) atoms. The Hall–Kier alpha value is -3.09. The van der Waals surface area contributed by atoms with Crippen molar-refractivity contribution in [1.82, 2.24) is 29.2 Å². The molecular weight excluding hydrogens is 360 g/mol. The summed E-state index contributed by atoms with van der Waals surface area (Å²) in [4.78, 5) is 18.5. The molecule has 1 fully saturated rings. The molecule has 4 aromatic heterocycles. The van der Waals surface area contributed by atoms with E-state index in [4.69, 9.17) is 4.98 Å². The smallest absolute Gasteiger partial charge is 0.137 e. The summed E-state index contributed by atoms with van der Waals surface area (Å²) < 4.78 is 2.19. The Morgan fingerprint density at radius 2 is 1.86 bits per heavy atom. The third kappa shape index (κ3) is 3.64. The molecule has 1 unspecified atom stereocenters. The minimum Gasteiger partial charge on any atom is -0.299 e. The van der Waals surface area contributed by atoms with Crippen molar-refractivity contribution in [1.29, 1.82) is 0 Å². The van der Waals surface area contributed by atoms with E-state index >= 15 is 0 Å². The lowest BCUT2D eigenvalue weighted by Gasteiger charge is -2.38. The molecule has 0 N–H and O–H groups in total. The number of likely N-dealkylation sites (N-methyl/N-ethyl adjacent to an activating group) is 1. The molecule has 146 valence electrons. The van der Waals surface area contributed by atoms with Crippen LogP contribution in [-0.4, -0.2) is 55.8 Å². The highest BCUT2D eigenvalue weighted by Crippen LogP contribution is 2.27. The average Bonchev–Trinajstić information content (AvgIpc) is 3.20. The van der Waals surface area contributed by atoms with Gasteiger partial charge in [0.25, 0.3) is 0 Å². The first-order chi connectivity index (χ1) is 14.3. The zero-order chi connectivity index (χ0) is 19.6. The summed E-state index contributed by atoms with van der Waals surface area (Å²) in [6.07, 6.45) is 7.72. The first-order valence-electron chi connectivity index (χ1n) is 9.99. The summed E-state index contributed by atoms with van der Waals surface area (Å²) in [5.41, 5.74) is 5.48. The van der Waals surface area contributed by atoms with Gasteiger partial charge >= 0.3 is 0 Å². The molecule has 0 amide bonds. The minimum absolute atomic E-state index is 0.262. The van der Waals surface area contributed by atoms with Gasteiger partial charge in [0.15, 0.2) is 0 Å². The van der Waals surface area contributed by atoms with Gasteiger partial charge in [-0.1, -0.05) is 12.1 Å². The Morgan fingerprint density at radius 3 is 2.69 bits per heavy atom. The van der Waals surface area contributed by atoms with E-state index < -0.39 is 0 Å². The topological polar surface area (TPSA) is 49.6 Å². The summed E-state index contributed by atoms with van der Waals surface area (Å²) in [6.45, 7) is 3.88. The predicted octanol–water partition coefficient (Wildman–Crippen LogP) is 3.28. The fourth-order valence-electron chi connectivity index (χ4n) is 4.06. The van der Waals surface area contributed by atoms with Crippen molar-refractivity contribution >= 4 is 5.65 Å². The molecule has 0 saturated carbocycles. The number of hydrogen-bond donors (Lipinski definition) is 0. The second kappa shape index (κ2) is 7.73. The predicted molar refractivity (Wildman–Crippen MR) is 113 cm³/mol. The van der Waals surface area contributed by atoms with Crippen molar-refractivity contribution in [2.24, 2.45) is 0 Å². The number of aromatic nitrogens is 4. The van der Waals surface area contributed by atoms with E-state index in [2.05, 4.69) is 67.7 Å². The number of fused-ring (bicyclic) bond motifs is 1. The second-order valence-electron chi connectivity index (χ2n) is 7.59. The van der Waals surface area contributed by atoms with E-state index in [9.17, 15) is 0 Å². The standard InChI is InChI=1S/C23H24N6/c1-27-13-14-28(15-19-5-2-3-10-25-19)17-22(27)20-16-29-21(6-4-7-23(29)26-20)18-8-11-24-12-9-18/h2-12,16,22H,13-15,17H2,1H3. The van der Waals surface area contributed by atoms with Crippen molar-refractivity contribution in [3.05, 3.63) is 84.7 Å². The highest BCUT2D eigenvalue weighted by atomic mass is 15.3. The summed E-state index contributed by atoms with van der Waals surface area (Å²) in [7, 11) is 2.19. The fraction of sp³-hybridized carbons (Fsp3) is 0.261. The normalized spacial score (nSPS) is 18.3. The maximum absolute atomic E-state index is 4.98. The summed E-state index contributed by atoms with van der Waals surface area (Å²) in [6, 6.07) is 16.7. The zero-order valence-corrected chi connectivity index (χ0v) is 16.5. The molecule has 0 bridgehead atoms. The highest BCUT2D eigenvalue weighted by Gasteiger charge is 2.28. The maximum Gasteiger partial charge on any atom is 0.137 e. The van der Waals surface area contributed by atoms with E-state index in [1.54, 1.807) is 0 Å². The molecule has 0 aromatic carbocycles. The molecular formula is C23H24N6. The zero-order valence-electron chi connectivity index (χ0n) is 16.5. The van der Waals surface area contributed by atoms with Gasteiger partial charge in [-0.15, -0.1) is 0 Å². The van der Waals surface area contributed by atoms with E-state index in [1.165, 1.54) is 0 Å². The first-order valence-corrected chi connectivity index (χ1v) is 9.99. The third-order valence-corrected chi connectivity index (χ3v) is 5.67. The van der Waals surface area contributed by atoms with Crippen LogP contribution in [0.3, 0.4) is 0 Å². The van der Waals surface area contributed by atoms with Gasteiger partial charge in [-0.3, -0.25) is 24.2 Å². The third-order valence-electron chi connectivity index (χ3n) is 5.67. The molecule has 5 heterocycles. The maximum atomic E-state index is 4.98. The lowest BCUT2D eigenvalue weighted by molar-refractivity contribution is 0.0877. The lowest BCUT2D eigenvalue weighted by Crippen LogP contribution is -2.46. The quantitative estimate of drug-likeness (QED) is 0.540. The van der Waals surface area contributed by atoms with Gasteiger partial charge in [-0.25, -0.2) is 4.98 Å². The largest absolute Gasteiger partial charge is 0.299 e. The summed E-state index contributed by atoms with van der Waals surface area (Å²) in [5.74, 6) is 0. The highest BCUT2D eigenvalue weighted by molar-refractivity contribution is 5.63. The molecule has 0 spiro atoms. The van der Waals surface area contributed by atoms with Crippen molar-refractivity contribution in [3.63, 3.8) is 0 Å². The molecule has 1 aliphatic heterocycles. The first kappa shape index (κ1) is 18.0. The number of pyridine rings is 3. The van der Waals surface area contributed by atoms with Crippen LogP contribution in [0.15, 0.2) is 73.3 Å². The molecule has 1 aliphatic rings. The van der Waals surface area contributed by atoms with Gasteiger partial charge in [0.2, 0.25) is 0 Å². The average molecular weight is 384 g/mol. The Bertz CT molecular complexity index is 1090. The van der Waals surface area contributed by atoms with Gasteiger partial charge in [0.05, 0.1) is 23.1 Å². The lowest BCUT2D eigenvalue weighted by atomic mass is 10.1. The molecule has 6 heteroatoms. The Labute approximate surface area is 170 Å². The van der Waals surface area contributed by atoms with Crippen LogP contribution in [0.25, 0.3) is 16.9 Å². The fourth-order valence-corrected chi connectivity index (χ4v) is 4.06. The Balaban J connectivity index is 1.45. The minimum atomic E-state index is 0.262. The SMILES string of the molecule is CN1CCN(Cc2ccccn2)CC1c1cn2c(-c3ccncc3)cccc2n1. The van der Waals surface area contributed by atoms with Crippen LogP contribution in [0.5, 0.6) is 0 Å². The Morgan fingerprint density at radius 1 is 0.966 bits per heavy atom. The Kier molecular flexibility index (Phi) is 4.79. The van der Waals surface area contributed by atoms with Crippen molar-refractivity contribution in [2.75, 3.05) is 26.7 Å². The molecule has 6 nitrogen and oxygen atoms in total. The number of hydrogen-bond acceptors (Lipinski definition) is 5. The molecule has 4 aromatic rings. The monoisotopic (exact) mass is 384 g/mol. The van der Waals surface area contributed by atoms with Crippen molar-refractivity contribution in [2.45, 2.75) is 12.6 Å². The van der Waals surface area contributed by atoms with Crippen LogP contribution >= 0.6 is 0 Å². The van der Waals surface area contributed by atoms with Gasteiger partial charge < -0.3 is 0 Å². The number of rotatable bonds is 4. The van der Waals surface area contributed by atoms with Crippen molar-refractivity contribution in [3.8, 4) is 11.3 Å². The molecule has 0 radical (unpaired) electrons. The molecule has 1 atom stereocenters. The van der Waals surface area contributed by atoms with E-state index in [-0.39, 0.29) is 6.04 Å². The van der Waals surface area contributed by atoms with Gasteiger partial charge in [0.1, 0.15) is 5.65 Å². The molecule has 0 aliphatic carbocycles. The van der Waals surface area contributed by atoms with Crippen LogP contribution in [-0.2, 0) is 6.54 Å². The number of imidazole rings is 1. The number of nitrogens with zero attached hydrogens (tertiary/aromatic N) is 6. The molecule has 1 saturated heterocycles. The van der Waals surface area contributed by atoms with Crippen LogP contribution < -0.4 is 0 Å². The van der Waals surface area contributed by atoms with Gasteiger partial charge in [0, 0.05) is 56.5 Å². The van der Waals surface area contributed by atoms with Gasteiger partial charge in [-0.05, 0) is 43.4 Å². The van der Waals surface area contributed by atoms with Crippen LogP contribution in [0.2, 0.25) is 0 Å².